The third kappa shape index (κ3) is 1.46. The lowest BCUT2D eigenvalue weighted by Crippen LogP contribution is -2.37. The van der Waals surface area contributed by atoms with Crippen LogP contribution in [0.25, 0.3) is 0 Å². The maximum absolute atomic E-state index is 5.80. The molecule has 1 heterocycles. The molecule has 1 aromatic rings. The standard InChI is InChI=1S/C9H15N3O/c10-6-9(4-2-1-3-5-9)8-11-7-12-13-8/h7H,1-6,10H2. The minimum absolute atomic E-state index is 0.0191. The van der Waals surface area contributed by atoms with Crippen molar-refractivity contribution in [3.05, 3.63) is 12.2 Å². The van der Waals surface area contributed by atoms with E-state index in [0.29, 0.717) is 6.54 Å². The van der Waals surface area contributed by atoms with Gasteiger partial charge in [-0.3, -0.25) is 0 Å². The van der Waals surface area contributed by atoms with Crippen LogP contribution in [0.3, 0.4) is 0 Å². The number of aromatic nitrogens is 2. The second kappa shape index (κ2) is 3.46. The Hall–Kier alpha value is -0.900. The molecule has 0 amide bonds. The first-order chi connectivity index (χ1) is 6.37. The maximum atomic E-state index is 5.80. The number of rotatable bonds is 2. The summed E-state index contributed by atoms with van der Waals surface area (Å²) >= 11 is 0. The van der Waals surface area contributed by atoms with Gasteiger partial charge < -0.3 is 10.3 Å². The monoisotopic (exact) mass is 181 g/mol. The zero-order chi connectivity index (χ0) is 9.15. The van der Waals surface area contributed by atoms with Gasteiger partial charge in [0.15, 0.2) is 6.33 Å². The summed E-state index contributed by atoms with van der Waals surface area (Å²) in [7, 11) is 0. The molecule has 1 saturated carbocycles. The molecule has 0 radical (unpaired) electrons. The van der Waals surface area contributed by atoms with Crippen molar-refractivity contribution in [3.8, 4) is 0 Å². The van der Waals surface area contributed by atoms with Gasteiger partial charge in [0.2, 0.25) is 5.89 Å². The second-order valence-corrected chi connectivity index (χ2v) is 3.79. The van der Waals surface area contributed by atoms with Gasteiger partial charge in [0.1, 0.15) is 0 Å². The van der Waals surface area contributed by atoms with Crippen molar-refractivity contribution in [1.29, 1.82) is 0 Å². The van der Waals surface area contributed by atoms with Gasteiger partial charge in [-0.1, -0.05) is 24.4 Å². The molecule has 0 unspecified atom stereocenters. The molecule has 13 heavy (non-hydrogen) atoms. The molecule has 0 bridgehead atoms. The molecular formula is C9H15N3O. The molecule has 72 valence electrons. The maximum Gasteiger partial charge on any atom is 0.233 e. The van der Waals surface area contributed by atoms with Crippen molar-refractivity contribution in [2.75, 3.05) is 6.54 Å². The Balaban J connectivity index is 2.23. The zero-order valence-electron chi connectivity index (χ0n) is 7.70. The normalized spacial score (nSPS) is 21.6. The van der Waals surface area contributed by atoms with Crippen molar-refractivity contribution < 1.29 is 4.52 Å². The summed E-state index contributed by atoms with van der Waals surface area (Å²) in [6.45, 7) is 0.620. The van der Waals surface area contributed by atoms with Crippen molar-refractivity contribution in [3.63, 3.8) is 0 Å². The largest absolute Gasteiger partial charge is 0.339 e. The van der Waals surface area contributed by atoms with E-state index in [0.717, 1.165) is 18.7 Å². The average molecular weight is 181 g/mol. The molecular weight excluding hydrogens is 166 g/mol. The fourth-order valence-electron chi connectivity index (χ4n) is 2.14. The molecule has 0 saturated heterocycles. The predicted molar refractivity (Wildman–Crippen MR) is 48.1 cm³/mol. The summed E-state index contributed by atoms with van der Waals surface area (Å²) in [6, 6.07) is 0. The first-order valence-electron chi connectivity index (χ1n) is 4.85. The van der Waals surface area contributed by atoms with Crippen LogP contribution in [0.2, 0.25) is 0 Å². The van der Waals surface area contributed by atoms with E-state index in [2.05, 4.69) is 10.1 Å². The highest BCUT2D eigenvalue weighted by Gasteiger charge is 2.37. The van der Waals surface area contributed by atoms with E-state index in [-0.39, 0.29) is 5.41 Å². The average Bonchev–Trinajstić information content (AvgIpc) is 2.72. The van der Waals surface area contributed by atoms with E-state index >= 15 is 0 Å². The summed E-state index contributed by atoms with van der Waals surface area (Å²) in [5, 5.41) is 3.65. The molecule has 0 spiro atoms. The fraction of sp³-hybridized carbons (Fsp3) is 0.778. The molecule has 0 atom stereocenters. The summed E-state index contributed by atoms with van der Waals surface area (Å²) < 4.78 is 5.13. The van der Waals surface area contributed by atoms with Gasteiger partial charge >= 0.3 is 0 Å². The lowest BCUT2D eigenvalue weighted by Gasteiger charge is -2.32. The molecule has 1 aliphatic rings. The summed E-state index contributed by atoms with van der Waals surface area (Å²) in [5.74, 6) is 0.731. The first kappa shape index (κ1) is 8.69. The topological polar surface area (TPSA) is 64.9 Å². The van der Waals surface area contributed by atoms with E-state index in [1.54, 1.807) is 0 Å². The number of hydrogen-bond acceptors (Lipinski definition) is 4. The third-order valence-electron chi connectivity index (χ3n) is 3.02. The van der Waals surface area contributed by atoms with Crippen LogP contribution in [0.1, 0.15) is 38.0 Å². The van der Waals surface area contributed by atoms with Crippen LogP contribution in [0.5, 0.6) is 0 Å². The Labute approximate surface area is 77.5 Å². The van der Waals surface area contributed by atoms with Crippen LogP contribution >= 0.6 is 0 Å². The number of nitrogens with two attached hydrogens (primary N) is 1. The minimum atomic E-state index is -0.0191. The van der Waals surface area contributed by atoms with Gasteiger partial charge in [-0.2, -0.15) is 4.98 Å². The Morgan fingerprint density at radius 1 is 1.38 bits per heavy atom. The lowest BCUT2D eigenvalue weighted by molar-refractivity contribution is 0.220. The molecule has 1 aromatic heterocycles. The molecule has 2 rings (SSSR count). The van der Waals surface area contributed by atoms with Crippen molar-refractivity contribution in [1.82, 2.24) is 10.1 Å². The summed E-state index contributed by atoms with van der Waals surface area (Å²) in [4.78, 5) is 4.13. The van der Waals surface area contributed by atoms with Crippen LogP contribution in [0, 0.1) is 0 Å². The van der Waals surface area contributed by atoms with E-state index in [4.69, 9.17) is 10.3 Å². The fourth-order valence-corrected chi connectivity index (χ4v) is 2.14. The van der Waals surface area contributed by atoms with E-state index in [1.165, 1.54) is 25.6 Å². The van der Waals surface area contributed by atoms with Crippen molar-refractivity contribution in [2.24, 2.45) is 5.73 Å². The highest BCUT2D eigenvalue weighted by atomic mass is 16.5. The number of nitrogens with zero attached hydrogens (tertiary/aromatic N) is 2. The molecule has 0 aromatic carbocycles. The quantitative estimate of drug-likeness (QED) is 0.745. The molecule has 2 N–H and O–H groups in total. The van der Waals surface area contributed by atoms with E-state index < -0.39 is 0 Å². The minimum Gasteiger partial charge on any atom is -0.339 e. The second-order valence-electron chi connectivity index (χ2n) is 3.79. The number of hydrogen-bond donors (Lipinski definition) is 1. The van der Waals surface area contributed by atoms with Gasteiger partial charge in [0.05, 0.1) is 5.41 Å². The molecule has 4 nitrogen and oxygen atoms in total. The van der Waals surface area contributed by atoms with Crippen LogP contribution in [0.15, 0.2) is 10.9 Å². The Kier molecular flexibility index (Phi) is 2.31. The Bertz CT molecular complexity index is 252. The van der Waals surface area contributed by atoms with Gasteiger partial charge in [0.25, 0.3) is 0 Å². The van der Waals surface area contributed by atoms with Gasteiger partial charge in [-0.15, -0.1) is 0 Å². The molecule has 0 aliphatic heterocycles. The molecule has 1 fully saturated rings. The SMILES string of the molecule is NCC1(c2ncno2)CCCCC1. The third-order valence-corrected chi connectivity index (χ3v) is 3.02. The van der Waals surface area contributed by atoms with Crippen molar-refractivity contribution >= 4 is 0 Å². The molecule has 1 aliphatic carbocycles. The van der Waals surface area contributed by atoms with Crippen LogP contribution in [0.4, 0.5) is 0 Å². The highest BCUT2D eigenvalue weighted by molar-refractivity contribution is 5.05. The zero-order valence-corrected chi connectivity index (χ0v) is 7.70. The Morgan fingerprint density at radius 2 is 2.15 bits per heavy atom. The summed E-state index contributed by atoms with van der Waals surface area (Å²) in [5.41, 5.74) is 5.78. The van der Waals surface area contributed by atoms with Gasteiger partial charge in [-0.05, 0) is 12.8 Å². The van der Waals surface area contributed by atoms with Crippen molar-refractivity contribution in [2.45, 2.75) is 37.5 Å². The van der Waals surface area contributed by atoms with Gasteiger partial charge in [-0.25, -0.2) is 0 Å². The molecule has 4 heteroatoms. The smallest absolute Gasteiger partial charge is 0.233 e. The first-order valence-corrected chi connectivity index (χ1v) is 4.85. The van der Waals surface area contributed by atoms with Gasteiger partial charge in [0, 0.05) is 6.54 Å². The van der Waals surface area contributed by atoms with Crippen LogP contribution < -0.4 is 5.73 Å². The highest BCUT2D eigenvalue weighted by Crippen LogP contribution is 2.37. The van der Waals surface area contributed by atoms with E-state index in [9.17, 15) is 0 Å². The predicted octanol–water partition coefficient (Wildman–Crippen LogP) is 1.23. The van der Waals surface area contributed by atoms with E-state index in [1.807, 2.05) is 0 Å². The summed E-state index contributed by atoms with van der Waals surface area (Å²) in [6.07, 6.45) is 7.38. The van der Waals surface area contributed by atoms with Crippen LogP contribution in [-0.2, 0) is 5.41 Å². The van der Waals surface area contributed by atoms with Crippen LogP contribution in [-0.4, -0.2) is 16.7 Å². The lowest BCUT2D eigenvalue weighted by atomic mass is 9.74. The Morgan fingerprint density at radius 3 is 2.69 bits per heavy atom.